The molecule has 2 aromatic rings. The number of ketones is 2. The Morgan fingerprint density at radius 2 is 1.46 bits per heavy atom. The third kappa shape index (κ3) is 2.96. The number of halogens is 3. The molecule has 3 rings (SSSR count). The SMILES string of the molecule is C[N+](C)(O)CCNc1c(F)ccc2c1C(=O)c1c(O)c(F)c(F)c(O)c1C2=O. The van der Waals surface area contributed by atoms with Crippen LogP contribution >= 0.6 is 0 Å². The van der Waals surface area contributed by atoms with Gasteiger partial charge in [-0.3, -0.25) is 9.59 Å². The Morgan fingerprint density at radius 1 is 0.929 bits per heavy atom. The molecule has 0 saturated carbocycles. The molecule has 1 aliphatic rings. The highest BCUT2D eigenvalue weighted by Gasteiger charge is 2.40. The molecule has 4 N–H and O–H groups in total. The van der Waals surface area contributed by atoms with E-state index in [1.807, 2.05) is 0 Å². The summed E-state index contributed by atoms with van der Waals surface area (Å²) in [5.74, 6) is -9.76. The molecule has 0 aromatic heterocycles. The summed E-state index contributed by atoms with van der Waals surface area (Å²) in [7, 11) is 2.92. The van der Waals surface area contributed by atoms with Crippen LogP contribution in [-0.2, 0) is 0 Å². The summed E-state index contributed by atoms with van der Waals surface area (Å²) < 4.78 is 41.4. The quantitative estimate of drug-likeness (QED) is 0.305. The van der Waals surface area contributed by atoms with Gasteiger partial charge in [-0.25, -0.2) is 9.60 Å². The molecule has 0 amide bonds. The molecule has 7 nitrogen and oxygen atoms in total. The number of hydroxylamine groups is 3. The van der Waals surface area contributed by atoms with Gasteiger partial charge in [-0.05, 0) is 12.1 Å². The summed E-state index contributed by atoms with van der Waals surface area (Å²) in [5.41, 5.74) is -3.06. The van der Waals surface area contributed by atoms with E-state index in [9.17, 15) is 38.2 Å². The van der Waals surface area contributed by atoms with Crippen LogP contribution in [0.2, 0.25) is 0 Å². The van der Waals surface area contributed by atoms with Gasteiger partial charge in [-0.15, -0.1) is 0 Å². The van der Waals surface area contributed by atoms with Crippen LogP contribution in [0.3, 0.4) is 0 Å². The highest BCUT2D eigenvalue weighted by molar-refractivity contribution is 6.31. The maximum atomic E-state index is 14.4. The van der Waals surface area contributed by atoms with E-state index in [4.69, 9.17) is 0 Å². The van der Waals surface area contributed by atoms with Crippen LogP contribution in [0.4, 0.5) is 18.9 Å². The molecule has 0 heterocycles. The van der Waals surface area contributed by atoms with Crippen LogP contribution in [0.1, 0.15) is 31.8 Å². The topological polar surface area (TPSA) is 107 Å². The van der Waals surface area contributed by atoms with Gasteiger partial charge in [0.2, 0.25) is 17.4 Å². The Balaban J connectivity index is 2.19. The zero-order valence-electron chi connectivity index (χ0n) is 14.8. The summed E-state index contributed by atoms with van der Waals surface area (Å²) in [5, 5.41) is 32.0. The van der Waals surface area contributed by atoms with Crippen molar-refractivity contribution in [2.45, 2.75) is 0 Å². The number of anilines is 1. The van der Waals surface area contributed by atoms with Gasteiger partial charge in [0.1, 0.15) is 12.4 Å². The van der Waals surface area contributed by atoms with E-state index in [2.05, 4.69) is 5.32 Å². The highest BCUT2D eigenvalue weighted by atomic mass is 19.2. The molecular weight excluding hydrogens is 381 g/mol. The normalized spacial score (nSPS) is 13.4. The smallest absolute Gasteiger partial charge is 0.205 e. The van der Waals surface area contributed by atoms with Gasteiger partial charge in [-0.2, -0.15) is 13.4 Å². The fraction of sp³-hybridized carbons (Fsp3) is 0.222. The molecule has 28 heavy (non-hydrogen) atoms. The second-order valence-electron chi connectivity index (χ2n) is 6.85. The Morgan fingerprint density at radius 3 is 2.00 bits per heavy atom. The van der Waals surface area contributed by atoms with E-state index in [1.165, 1.54) is 14.1 Å². The summed E-state index contributed by atoms with van der Waals surface area (Å²) in [6.45, 7) is 0.105. The number of nitrogens with zero attached hydrogens (tertiary/aromatic N) is 1. The molecule has 0 atom stereocenters. The Bertz CT molecular complexity index is 1030. The lowest BCUT2D eigenvalue weighted by atomic mass is 9.81. The number of quaternary nitrogens is 1. The number of fused-ring (bicyclic) bond motifs is 2. The monoisotopic (exact) mass is 397 g/mol. The minimum absolute atomic E-state index is 0.000210. The minimum atomic E-state index is -1.90. The first kappa shape index (κ1) is 19.6. The number of carbonyl (C=O) groups excluding carboxylic acids is 2. The second kappa shape index (κ2) is 6.50. The highest BCUT2D eigenvalue weighted by Crippen LogP contribution is 2.43. The molecule has 0 unspecified atom stereocenters. The van der Waals surface area contributed by atoms with Crippen molar-refractivity contribution in [2.75, 3.05) is 32.5 Å². The first-order valence-electron chi connectivity index (χ1n) is 8.10. The number of rotatable bonds is 4. The van der Waals surface area contributed by atoms with Crippen LogP contribution in [0.25, 0.3) is 0 Å². The van der Waals surface area contributed by atoms with Crippen molar-refractivity contribution >= 4 is 17.3 Å². The van der Waals surface area contributed by atoms with Gasteiger partial charge < -0.3 is 15.5 Å². The van der Waals surface area contributed by atoms with Crippen LogP contribution in [0.15, 0.2) is 12.1 Å². The van der Waals surface area contributed by atoms with Gasteiger partial charge >= 0.3 is 0 Å². The molecular formula is C18H16F3N2O5+. The number of phenols is 2. The average Bonchev–Trinajstić information content (AvgIpc) is 2.61. The van der Waals surface area contributed by atoms with Crippen molar-refractivity contribution in [3.05, 3.63) is 51.8 Å². The Kier molecular flexibility index (Phi) is 4.56. The Labute approximate surface area is 156 Å². The van der Waals surface area contributed by atoms with Crippen molar-refractivity contribution in [1.29, 1.82) is 0 Å². The summed E-state index contributed by atoms with van der Waals surface area (Å²) in [4.78, 5) is 25.5. The largest absolute Gasteiger partial charge is 0.504 e. The summed E-state index contributed by atoms with van der Waals surface area (Å²) in [6, 6.07) is 1.87. The van der Waals surface area contributed by atoms with Crippen molar-refractivity contribution in [1.82, 2.24) is 0 Å². The molecule has 148 valence electrons. The van der Waals surface area contributed by atoms with E-state index >= 15 is 0 Å². The standard InChI is InChI=1S/C18H15F3N2O5/c1-23(2,28)6-5-22-14-8(19)4-3-7-9(14)16(25)11-10(15(7)24)17(26)12(20)13(21)18(11)27/h3-4,28H,5-6H2,1-2H3,(H2-,22,24,25,26,27)/p+1. The number of phenolic OH excluding ortho intramolecular Hbond substituents is 2. The van der Waals surface area contributed by atoms with Crippen LogP contribution < -0.4 is 5.32 Å². The van der Waals surface area contributed by atoms with Crippen LogP contribution in [0.5, 0.6) is 11.5 Å². The van der Waals surface area contributed by atoms with Gasteiger partial charge in [0.15, 0.2) is 17.3 Å². The minimum Gasteiger partial charge on any atom is -0.504 e. The molecule has 0 radical (unpaired) electrons. The van der Waals surface area contributed by atoms with Gasteiger partial charge in [0.25, 0.3) is 0 Å². The summed E-state index contributed by atoms with van der Waals surface area (Å²) >= 11 is 0. The third-order valence-electron chi connectivity index (χ3n) is 4.37. The summed E-state index contributed by atoms with van der Waals surface area (Å²) in [6.07, 6.45) is 0. The van der Waals surface area contributed by atoms with Crippen LogP contribution in [0, 0.1) is 17.5 Å². The first-order valence-corrected chi connectivity index (χ1v) is 8.10. The molecule has 0 aliphatic heterocycles. The zero-order valence-corrected chi connectivity index (χ0v) is 14.8. The van der Waals surface area contributed by atoms with Crippen LogP contribution in [-0.4, -0.2) is 58.8 Å². The number of carbonyl (C=O) groups is 2. The lowest BCUT2D eigenvalue weighted by molar-refractivity contribution is -1.07. The van der Waals surface area contributed by atoms with Gasteiger partial charge in [-0.1, -0.05) is 0 Å². The number of benzene rings is 2. The predicted octanol–water partition coefficient (Wildman–Crippen LogP) is 2.17. The van der Waals surface area contributed by atoms with E-state index in [1.54, 1.807) is 0 Å². The van der Waals surface area contributed by atoms with Crippen molar-refractivity contribution in [3.63, 3.8) is 0 Å². The number of hydrogen-bond acceptors (Lipinski definition) is 6. The third-order valence-corrected chi connectivity index (χ3v) is 4.37. The van der Waals surface area contributed by atoms with E-state index in [0.29, 0.717) is 0 Å². The van der Waals surface area contributed by atoms with Crippen molar-refractivity contribution in [2.24, 2.45) is 0 Å². The van der Waals surface area contributed by atoms with Gasteiger partial charge in [0.05, 0.1) is 43.0 Å². The second-order valence-corrected chi connectivity index (χ2v) is 6.85. The molecule has 0 fully saturated rings. The number of likely N-dealkylation sites (N-methyl/N-ethyl adjacent to an activating group) is 1. The molecule has 0 saturated heterocycles. The van der Waals surface area contributed by atoms with E-state index in [0.717, 1.165) is 12.1 Å². The van der Waals surface area contributed by atoms with Crippen molar-refractivity contribution < 1.29 is 42.8 Å². The van der Waals surface area contributed by atoms with Crippen molar-refractivity contribution in [3.8, 4) is 11.5 Å². The van der Waals surface area contributed by atoms with E-state index in [-0.39, 0.29) is 18.7 Å². The molecule has 1 aliphatic carbocycles. The van der Waals surface area contributed by atoms with E-state index < -0.39 is 67.5 Å². The zero-order chi connectivity index (χ0) is 21.0. The number of hydrogen-bond donors (Lipinski definition) is 4. The Hall–Kier alpha value is -3.11. The maximum Gasteiger partial charge on any atom is 0.205 e. The van der Waals surface area contributed by atoms with Gasteiger partial charge in [0, 0.05) is 5.56 Å². The lowest BCUT2D eigenvalue weighted by Gasteiger charge is -2.24. The number of aromatic hydroxyl groups is 2. The maximum absolute atomic E-state index is 14.4. The molecule has 10 heteroatoms. The lowest BCUT2D eigenvalue weighted by Crippen LogP contribution is -2.39. The fourth-order valence-corrected chi connectivity index (χ4v) is 3.00. The molecule has 0 bridgehead atoms. The predicted molar refractivity (Wildman–Crippen MR) is 90.2 cm³/mol. The molecule has 0 spiro atoms. The average molecular weight is 397 g/mol. The number of nitrogens with one attached hydrogen (secondary N) is 1. The first-order chi connectivity index (χ1) is 13.0. The molecule has 2 aromatic carbocycles. The fourth-order valence-electron chi connectivity index (χ4n) is 3.00.